The van der Waals surface area contributed by atoms with E-state index >= 15 is 4.39 Å². The first-order valence-electron chi connectivity index (χ1n) is 15.6. The summed E-state index contributed by atoms with van der Waals surface area (Å²) in [6.07, 6.45) is 2.46. The molecular formula is C34H46FN3O6. The summed E-state index contributed by atoms with van der Waals surface area (Å²) in [6.45, 7) is 12.1. The van der Waals surface area contributed by atoms with Gasteiger partial charge in [0.15, 0.2) is 0 Å². The van der Waals surface area contributed by atoms with E-state index in [1.807, 2.05) is 44.2 Å². The van der Waals surface area contributed by atoms with Gasteiger partial charge >= 0.3 is 12.2 Å². The molecule has 0 spiro atoms. The molecule has 2 aromatic carbocycles. The van der Waals surface area contributed by atoms with Crippen LogP contribution in [0, 0.1) is 11.7 Å². The number of amides is 3. The number of nitrogens with one attached hydrogen (secondary N) is 1. The maximum atomic E-state index is 15.4. The Balaban J connectivity index is 1.34. The monoisotopic (exact) mass is 611 g/mol. The zero-order chi connectivity index (χ0) is 31.9. The summed E-state index contributed by atoms with van der Waals surface area (Å²) in [7, 11) is 0. The number of carbonyl (C=O) groups excluding carboxylic acids is 3. The molecule has 240 valence electrons. The molecule has 0 aliphatic carbocycles. The molecule has 0 saturated carbocycles. The van der Waals surface area contributed by atoms with Crippen LogP contribution < -0.4 is 10.1 Å². The predicted octanol–water partition coefficient (Wildman–Crippen LogP) is 6.19. The van der Waals surface area contributed by atoms with Crippen molar-refractivity contribution in [3.8, 4) is 16.9 Å². The van der Waals surface area contributed by atoms with Crippen molar-refractivity contribution in [1.82, 2.24) is 15.1 Å². The van der Waals surface area contributed by atoms with Gasteiger partial charge in [-0.25, -0.2) is 14.0 Å². The number of nitrogens with zero attached hydrogens (tertiary/aromatic N) is 2. The number of alkyl carbamates (subject to hydrolysis) is 1. The van der Waals surface area contributed by atoms with Gasteiger partial charge in [0.2, 0.25) is 5.91 Å². The van der Waals surface area contributed by atoms with Gasteiger partial charge in [-0.2, -0.15) is 0 Å². The molecule has 9 nitrogen and oxygen atoms in total. The molecule has 2 aliphatic rings. The normalized spacial score (nSPS) is 16.5. The molecule has 2 aliphatic heterocycles. The van der Waals surface area contributed by atoms with Crippen LogP contribution in [0.1, 0.15) is 65.9 Å². The number of likely N-dealkylation sites (tertiary alicyclic amines) is 2. The van der Waals surface area contributed by atoms with Gasteiger partial charge < -0.3 is 29.3 Å². The molecule has 0 aromatic heterocycles. The van der Waals surface area contributed by atoms with Crippen LogP contribution in [-0.4, -0.2) is 78.4 Å². The third-order valence-electron chi connectivity index (χ3n) is 7.77. The van der Waals surface area contributed by atoms with Crippen molar-refractivity contribution in [3.63, 3.8) is 0 Å². The molecule has 10 heteroatoms. The summed E-state index contributed by atoms with van der Waals surface area (Å²) in [6, 6.07) is 11.5. The van der Waals surface area contributed by atoms with Gasteiger partial charge in [0.05, 0.1) is 12.7 Å². The minimum absolute atomic E-state index is 0.0192. The average Bonchev–Trinajstić information content (AvgIpc) is 3.51. The Labute approximate surface area is 260 Å². The zero-order valence-corrected chi connectivity index (χ0v) is 26.6. The first-order chi connectivity index (χ1) is 20.9. The van der Waals surface area contributed by atoms with E-state index in [-0.39, 0.29) is 24.5 Å². The fraction of sp³-hybridized carbons (Fsp3) is 0.559. The van der Waals surface area contributed by atoms with Crippen molar-refractivity contribution >= 4 is 18.1 Å². The lowest BCUT2D eigenvalue weighted by molar-refractivity contribution is -0.132. The van der Waals surface area contributed by atoms with Crippen molar-refractivity contribution in [2.24, 2.45) is 5.92 Å². The highest BCUT2D eigenvalue weighted by Gasteiger charge is 2.30. The number of halogens is 1. The van der Waals surface area contributed by atoms with E-state index in [9.17, 15) is 14.4 Å². The lowest BCUT2D eigenvalue weighted by Gasteiger charge is -2.31. The molecule has 4 rings (SSSR count). The molecule has 0 unspecified atom stereocenters. The van der Waals surface area contributed by atoms with Crippen molar-refractivity contribution in [2.45, 2.75) is 84.5 Å². The molecule has 2 aromatic rings. The second-order valence-electron chi connectivity index (χ2n) is 12.9. The highest BCUT2D eigenvalue weighted by Crippen LogP contribution is 2.27. The molecule has 2 fully saturated rings. The Morgan fingerprint density at radius 2 is 1.57 bits per heavy atom. The van der Waals surface area contributed by atoms with Crippen LogP contribution in [0.15, 0.2) is 42.5 Å². The summed E-state index contributed by atoms with van der Waals surface area (Å²) in [5, 5.41) is 2.67. The Kier molecular flexibility index (Phi) is 11.1. The number of carbonyl (C=O) groups is 3. The average molecular weight is 612 g/mol. The minimum atomic E-state index is -0.930. The molecule has 0 bridgehead atoms. The number of hydrogen-bond donors (Lipinski definition) is 1. The van der Waals surface area contributed by atoms with Crippen molar-refractivity contribution < 1.29 is 33.0 Å². The maximum absolute atomic E-state index is 15.4. The molecule has 3 amide bonds. The summed E-state index contributed by atoms with van der Waals surface area (Å²) in [5.41, 5.74) is 1.14. The summed E-state index contributed by atoms with van der Waals surface area (Å²) in [5.74, 6) is 0.401. The summed E-state index contributed by atoms with van der Waals surface area (Å²) < 4.78 is 32.0. The van der Waals surface area contributed by atoms with E-state index in [0.717, 1.165) is 37.0 Å². The fourth-order valence-electron chi connectivity index (χ4n) is 5.44. The molecule has 0 radical (unpaired) electrons. The second kappa shape index (κ2) is 14.8. The topological polar surface area (TPSA) is 97.4 Å². The number of benzene rings is 2. The second-order valence-corrected chi connectivity index (χ2v) is 12.9. The van der Waals surface area contributed by atoms with Gasteiger partial charge in [0.1, 0.15) is 23.2 Å². The van der Waals surface area contributed by atoms with Crippen molar-refractivity contribution in [2.75, 3.05) is 32.8 Å². The van der Waals surface area contributed by atoms with Gasteiger partial charge in [0, 0.05) is 32.6 Å². The lowest BCUT2D eigenvalue weighted by Crippen LogP contribution is -2.50. The molecule has 1 atom stereocenters. The summed E-state index contributed by atoms with van der Waals surface area (Å²) in [4.78, 5) is 41.3. The third kappa shape index (κ3) is 9.59. The van der Waals surface area contributed by atoms with Gasteiger partial charge in [-0.1, -0.05) is 24.3 Å². The van der Waals surface area contributed by atoms with E-state index < -0.39 is 23.6 Å². The zero-order valence-electron chi connectivity index (χ0n) is 26.6. The van der Waals surface area contributed by atoms with Crippen LogP contribution >= 0.6 is 0 Å². The van der Waals surface area contributed by atoms with Crippen LogP contribution in [0.3, 0.4) is 0 Å². The van der Waals surface area contributed by atoms with Gasteiger partial charge in [0.25, 0.3) is 0 Å². The first-order valence-corrected chi connectivity index (χ1v) is 15.6. The van der Waals surface area contributed by atoms with Crippen LogP contribution in [0.5, 0.6) is 5.75 Å². The van der Waals surface area contributed by atoms with E-state index in [0.29, 0.717) is 49.8 Å². The fourth-order valence-corrected chi connectivity index (χ4v) is 5.44. The van der Waals surface area contributed by atoms with E-state index in [2.05, 4.69) is 5.32 Å². The molecule has 1 N–H and O–H groups in total. The minimum Gasteiger partial charge on any atom is -0.493 e. The smallest absolute Gasteiger partial charge is 0.410 e. The van der Waals surface area contributed by atoms with E-state index in [1.54, 1.807) is 36.6 Å². The highest BCUT2D eigenvalue weighted by atomic mass is 19.1. The quantitative estimate of drug-likeness (QED) is 0.364. The van der Waals surface area contributed by atoms with Crippen molar-refractivity contribution in [1.29, 1.82) is 0 Å². The van der Waals surface area contributed by atoms with Crippen LogP contribution in [0.2, 0.25) is 0 Å². The predicted molar refractivity (Wildman–Crippen MR) is 166 cm³/mol. The number of ether oxygens (including phenoxy) is 3. The van der Waals surface area contributed by atoms with Crippen molar-refractivity contribution in [3.05, 3.63) is 53.8 Å². The third-order valence-corrected chi connectivity index (χ3v) is 7.77. The van der Waals surface area contributed by atoms with Gasteiger partial charge in [-0.3, -0.25) is 4.79 Å². The molecule has 44 heavy (non-hydrogen) atoms. The van der Waals surface area contributed by atoms with E-state index in [1.165, 1.54) is 6.07 Å². The highest BCUT2D eigenvalue weighted by molar-refractivity contribution is 5.86. The largest absolute Gasteiger partial charge is 0.493 e. The standard InChI is InChI=1S/C34H46FN3O6/c1-23(2)43-33(41)38-18-14-24(15-19-38)22-42-28-12-10-25(11-13-28)26-8-9-27(29(35)20-26)21-30(31(39)37-16-6-7-17-37)36-32(40)44-34(3,4)5/h8-13,20,23-24,30H,6-7,14-19,21-22H2,1-5H3,(H,36,40)/t30-/m0/s1. The number of piperidine rings is 1. The van der Waals surface area contributed by atoms with E-state index in [4.69, 9.17) is 14.2 Å². The van der Waals surface area contributed by atoms with Crippen LogP contribution in [0.4, 0.5) is 14.0 Å². The van der Waals surface area contributed by atoms with Crippen LogP contribution in [0.25, 0.3) is 11.1 Å². The lowest BCUT2D eigenvalue weighted by atomic mass is 9.98. The van der Waals surface area contributed by atoms with Gasteiger partial charge in [-0.05, 0) is 101 Å². The maximum Gasteiger partial charge on any atom is 0.410 e. The Bertz CT molecular complexity index is 1280. The number of rotatable bonds is 9. The summed E-state index contributed by atoms with van der Waals surface area (Å²) >= 11 is 0. The Morgan fingerprint density at radius 1 is 0.932 bits per heavy atom. The molecular weight excluding hydrogens is 565 g/mol. The Hall–Kier alpha value is -3.82. The SMILES string of the molecule is CC(C)OC(=O)N1CCC(COc2ccc(-c3ccc(C[C@H](NC(=O)OC(C)(C)C)C(=O)N4CCCC4)c(F)c3)cc2)CC1. The number of hydrogen-bond acceptors (Lipinski definition) is 6. The molecule has 2 heterocycles. The Morgan fingerprint density at radius 3 is 2.16 bits per heavy atom. The van der Waals surface area contributed by atoms with Crippen LogP contribution in [-0.2, 0) is 20.7 Å². The first kappa shape index (κ1) is 33.1. The molecule has 2 saturated heterocycles. The van der Waals surface area contributed by atoms with Gasteiger partial charge in [-0.15, -0.1) is 0 Å².